The smallest absolute Gasteiger partial charge is 0.313 e. The van der Waals surface area contributed by atoms with E-state index in [1.54, 1.807) is 0 Å². The molecular formula is C20H32O4. The van der Waals surface area contributed by atoms with Gasteiger partial charge in [-0.3, -0.25) is 4.79 Å². The van der Waals surface area contributed by atoms with Gasteiger partial charge in [-0.1, -0.05) is 32.4 Å². The molecule has 4 aliphatic rings. The second-order valence-electron chi connectivity index (χ2n) is 10.1. The predicted molar refractivity (Wildman–Crippen MR) is 92.3 cm³/mol. The molecule has 0 heterocycles. The third-order valence-electron chi connectivity index (χ3n) is 5.96. The Kier molecular flexibility index (Phi) is 3.97. The van der Waals surface area contributed by atoms with Crippen LogP contribution in [0.1, 0.15) is 73.1 Å². The summed E-state index contributed by atoms with van der Waals surface area (Å²) < 4.78 is 6.07. The van der Waals surface area contributed by atoms with Crippen molar-refractivity contribution in [2.24, 2.45) is 17.3 Å². The minimum atomic E-state index is -0.873. The van der Waals surface area contributed by atoms with Crippen LogP contribution in [0.3, 0.4) is 0 Å². The molecule has 2 N–H and O–H groups in total. The Balaban J connectivity index is 1.85. The fraction of sp³-hybridized carbons (Fsp3) is 0.850. The Labute approximate surface area is 145 Å². The number of hydrogen-bond acceptors (Lipinski definition) is 4. The summed E-state index contributed by atoms with van der Waals surface area (Å²) in [5, 5.41) is 21.7. The van der Waals surface area contributed by atoms with Gasteiger partial charge < -0.3 is 14.9 Å². The van der Waals surface area contributed by atoms with Crippen LogP contribution in [0.15, 0.2) is 11.6 Å². The van der Waals surface area contributed by atoms with Gasteiger partial charge in [0.25, 0.3) is 0 Å². The molecule has 4 fully saturated rings. The molecule has 4 bridgehead atoms. The van der Waals surface area contributed by atoms with Crippen LogP contribution in [0.5, 0.6) is 0 Å². The van der Waals surface area contributed by atoms with Crippen molar-refractivity contribution in [3.8, 4) is 0 Å². The number of allylic oxidation sites excluding steroid dienone is 1. The first-order chi connectivity index (χ1) is 10.8. The van der Waals surface area contributed by atoms with Crippen molar-refractivity contribution in [1.29, 1.82) is 0 Å². The van der Waals surface area contributed by atoms with Crippen LogP contribution >= 0.6 is 0 Å². The monoisotopic (exact) mass is 336 g/mol. The highest BCUT2D eigenvalue weighted by Crippen LogP contribution is 2.60. The second-order valence-corrected chi connectivity index (χ2v) is 10.1. The van der Waals surface area contributed by atoms with Crippen LogP contribution < -0.4 is 0 Å². The molecule has 0 saturated heterocycles. The van der Waals surface area contributed by atoms with Gasteiger partial charge >= 0.3 is 5.97 Å². The summed E-state index contributed by atoms with van der Waals surface area (Å²) in [5.41, 5.74) is -1.58. The van der Waals surface area contributed by atoms with E-state index >= 15 is 0 Å². The van der Waals surface area contributed by atoms with E-state index in [0.717, 1.165) is 24.8 Å². The maximum absolute atomic E-state index is 13.0. The van der Waals surface area contributed by atoms with E-state index in [9.17, 15) is 15.0 Å². The van der Waals surface area contributed by atoms with Crippen molar-refractivity contribution in [2.45, 2.75) is 89.9 Å². The van der Waals surface area contributed by atoms with Gasteiger partial charge in [0.15, 0.2) is 0 Å². The molecule has 4 nitrogen and oxygen atoms in total. The molecule has 3 unspecified atom stereocenters. The van der Waals surface area contributed by atoms with Crippen molar-refractivity contribution >= 4 is 5.97 Å². The third-order valence-corrected chi connectivity index (χ3v) is 5.96. The van der Waals surface area contributed by atoms with Gasteiger partial charge in [-0.25, -0.2) is 0 Å². The fourth-order valence-corrected chi connectivity index (χ4v) is 5.65. The van der Waals surface area contributed by atoms with Crippen molar-refractivity contribution in [3.63, 3.8) is 0 Å². The lowest BCUT2D eigenvalue weighted by Gasteiger charge is -2.62. The van der Waals surface area contributed by atoms with Gasteiger partial charge in [0.2, 0.25) is 0 Å². The van der Waals surface area contributed by atoms with Crippen LogP contribution in [0.4, 0.5) is 0 Å². The number of hydrogen-bond donors (Lipinski definition) is 2. The van der Waals surface area contributed by atoms with Gasteiger partial charge in [-0.2, -0.15) is 0 Å². The Morgan fingerprint density at radius 1 is 1.08 bits per heavy atom. The minimum Gasteiger partial charge on any atom is -0.458 e. The highest BCUT2D eigenvalue weighted by atomic mass is 16.6. The molecule has 0 spiro atoms. The molecular weight excluding hydrogens is 304 g/mol. The molecule has 3 atom stereocenters. The topological polar surface area (TPSA) is 66.8 Å². The van der Waals surface area contributed by atoms with E-state index in [1.807, 2.05) is 40.7 Å². The van der Waals surface area contributed by atoms with Gasteiger partial charge in [-0.05, 0) is 44.4 Å². The lowest BCUT2D eigenvalue weighted by atomic mass is 9.50. The van der Waals surface area contributed by atoms with Crippen LogP contribution in [0.25, 0.3) is 0 Å². The number of carbonyl (C=O) groups is 1. The van der Waals surface area contributed by atoms with Crippen LogP contribution in [0.2, 0.25) is 0 Å². The number of carbonyl (C=O) groups excluding carboxylic acids is 1. The lowest BCUT2D eigenvalue weighted by molar-refractivity contribution is -0.263. The van der Waals surface area contributed by atoms with Crippen molar-refractivity contribution in [3.05, 3.63) is 11.6 Å². The number of rotatable bonds is 3. The highest BCUT2D eigenvalue weighted by molar-refractivity contribution is 5.76. The van der Waals surface area contributed by atoms with E-state index in [2.05, 4.69) is 0 Å². The van der Waals surface area contributed by atoms with E-state index < -0.39 is 16.8 Å². The average Bonchev–Trinajstić information content (AvgIpc) is 2.28. The Morgan fingerprint density at radius 3 is 2.04 bits per heavy atom. The predicted octanol–water partition coefficient (Wildman–Crippen LogP) is 3.36. The van der Waals surface area contributed by atoms with E-state index in [-0.39, 0.29) is 23.2 Å². The summed E-state index contributed by atoms with van der Waals surface area (Å²) in [4.78, 5) is 13.0. The molecule has 0 aliphatic heterocycles. The summed E-state index contributed by atoms with van der Waals surface area (Å²) in [6, 6.07) is 0. The molecule has 4 saturated carbocycles. The molecule has 0 aromatic heterocycles. The molecule has 136 valence electrons. The molecule has 0 radical (unpaired) electrons. The van der Waals surface area contributed by atoms with E-state index in [0.29, 0.717) is 19.3 Å². The van der Waals surface area contributed by atoms with E-state index in [4.69, 9.17) is 4.74 Å². The summed E-state index contributed by atoms with van der Waals surface area (Å²) in [6.07, 6.45) is 5.57. The summed E-state index contributed by atoms with van der Waals surface area (Å²) in [5.74, 6) is -0.293. The van der Waals surface area contributed by atoms with Crippen LogP contribution in [-0.2, 0) is 9.53 Å². The molecule has 4 aliphatic carbocycles. The van der Waals surface area contributed by atoms with Crippen molar-refractivity contribution in [1.82, 2.24) is 0 Å². The van der Waals surface area contributed by atoms with Crippen molar-refractivity contribution < 1.29 is 19.7 Å². The van der Waals surface area contributed by atoms with Gasteiger partial charge in [0.05, 0.1) is 17.1 Å². The minimum absolute atomic E-state index is 0.224. The summed E-state index contributed by atoms with van der Waals surface area (Å²) in [7, 11) is 0. The maximum Gasteiger partial charge on any atom is 0.313 e. The third kappa shape index (κ3) is 3.28. The number of esters is 1. The molecule has 0 amide bonds. The molecule has 4 heteroatoms. The quantitative estimate of drug-likeness (QED) is 0.613. The molecule has 4 rings (SSSR count). The largest absolute Gasteiger partial charge is 0.458 e. The first-order valence-electron chi connectivity index (χ1n) is 9.17. The van der Waals surface area contributed by atoms with Crippen LogP contribution in [-0.4, -0.2) is 33.0 Å². The summed E-state index contributed by atoms with van der Waals surface area (Å²) in [6.45, 7) is 10.1. The fourth-order valence-electron chi connectivity index (χ4n) is 5.65. The second kappa shape index (κ2) is 5.31. The molecule has 24 heavy (non-hydrogen) atoms. The lowest BCUT2D eigenvalue weighted by Crippen LogP contribution is -2.67. The van der Waals surface area contributed by atoms with Crippen molar-refractivity contribution in [2.75, 3.05) is 0 Å². The van der Waals surface area contributed by atoms with Gasteiger partial charge in [-0.15, -0.1) is 0 Å². The first kappa shape index (κ1) is 17.9. The maximum atomic E-state index is 13.0. The number of aliphatic hydroxyl groups is 2. The van der Waals surface area contributed by atoms with Crippen LogP contribution in [0, 0.1) is 17.3 Å². The Bertz CT molecular complexity index is 549. The van der Waals surface area contributed by atoms with Gasteiger partial charge in [0.1, 0.15) is 5.60 Å². The first-order valence-corrected chi connectivity index (χ1v) is 9.17. The zero-order valence-corrected chi connectivity index (χ0v) is 15.7. The SMILES string of the molecule is CC(C)=CC(C(=O)OC12CC3CC(O)(CC(O)(C3)C1)C2)C(C)(C)C. The Morgan fingerprint density at radius 2 is 1.62 bits per heavy atom. The normalized spacial score (nSPS) is 41.9. The zero-order valence-electron chi connectivity index (χ0n) is 15.7. The van der Waals surface area contributed by atoms with Gasteiger partial charge in [0, 0.05) is 19.3 Å². The number of ether oxygens (including phenoxy) is 1. The highest BCUT2D eigenvalue weighted by Gasteiger charge is 2.64. The molecule has 0 aromatic carbocycles. The summed E-state index contributed by atoms with van der Waals surface area (Å²) >= 11 is 0. The standard InChI is InChI=1S/C20H32O4/c1-13(2)6-15(17(3,4)5)16(21)24-20-9-14-7-18(22,11-20)10-19(23,8-14)12-20/h6,14-15,22-23H,7-12H2,1-5H3. The van der Waals surface area contributed by atoms with E-state index in [1.165, 1.54) is 0 Å². The molecule has 0 aromatic rings. The average molecular weight is 336 g/mol. The zero-order chi connectivity index (χ0) is 18.0. The Hall–Kier alpha value is -0.870.